The van der Waals surface area contributed by atoms with E-state index in [1.165, 1.54) is 11.8 Å². The molecule has 0 spiro atoms. The third kappa shape index (κ3) is 4.12. The monoisotopic (exact) mass is 356 g/mol. The van der Waals surface area contributed by atoms with E-state index in [1.54, 1.807) is 17.4 Å². The number of benzene rings is 1. The van der Waals surface area contributed by atoms with E-state index >= 15 is 0 Å². The minimum atomic E-state index is -0.327. The molecule has 2 aromatic heterocycles. The number of hydrogen-bond acceptors (Lipinski definition) is 5. The van der Waals surface area contributed by atoms with Crippen molar-refractivity contribution in [1.82, 2.24) is 15.2 Å². The van der Waals surface area contributed by atoms with Gasteiger partial charge in [0.1, 0.15) is 0 Å². The fraction of sp³-hybridized carbons (Fsp3) is 0.118. The summed E-state index contributed by atoms with van der Waals surface area (Å²) in [5, 5.41) is 13.5. The first-order valence-electron chi connectivity index (χ1n) is 7.36. The zero-order chi connectivity index (χ0) is 16.8. The highest BCUT2D eigenvalue weighted by Gasteiger charge is 2.21. The van der Waals surface area contributed by atoms with Gasteiger partial charge in [0.15, 0.2) is 11.0 Å². The van der Waals surface area contributed by atoms with Gasteiger partial charge in [-0.1, -0.05) is 42.1 Å². The van der Waals surface area contributed by atoms with E-state index in [4.69, 9.17) is 0 Å². The lowest BCUT2D eigenvalue weighted by Gasteiger charge is -2.13. The van der Waals surface area contributed by atoms with Crippen molar-refractivity contribution < 1.29 is 4.79 Å². The molecular formula is C17H16N4OS2. The summed E-state index contributed by atoms with van der Waals surface area (Å²) >= 11 is 2.94. The number of amides is 1. The van der Waals surface area contributed by atoms with Crippen molar-refractivity contribution in [2.45, 2.75) is 16.8 Å². The lowest BCUT2D eigenvalue weighted by molar-refractivity contribution is -0.115. The fourth-order valence-corrected chi connectivity index (χ4v) is 3.64. The molecule has 1 unspecified atom stereocenters. The molecule has 1 aromatic carbocycles. The number of para-hydroxylation sites is 1. The van der Waals surface area contributed by atoms with Gasteiger partial charge in [0.25, 0.3) is 0 Å². The molecule has 0 aliphatic heterocycles. The van der Waals surface area contributed by atoms with E-state index in [-0.39, 0.29) is 11.2 Å². The molecule has 0 bridgehead atoms. The Morgan fingerprint density at radius 1 is 1.29 bits per heavy atom. The Morgan fingerprint density at radius 3 is 2.83 bits per heavy atom. The predicted octanol–water partition coefficient (Wildman–Crippen LogP) is 4.21. The Hall–Kier alpha value is -2.38. The molecule has 0 fully saturated rings. The number of allylic oxidation sites excluding steroid dienone is 1. The summed E-state index contributed by atoms with van der Waals surface area (Å²) in [4.78, 5) is 16.7. The van der Waals surface area contributed by atoms with E-state index in [1.807, 2.05) is 47.8 Å². The first-order chi connectivity index (χ1) is 11.8. The average Bonchev–Trinajstić information content (AvgIpc) is 3.26. The second-order valence-electron chi connectivity index (χ2n) is 4.94. The second kappa shape index (κ2) is 7.94. The molecule has 1 amide bonds. The number of hydrogen-bond donors (Lipinski definition) is 2. The summed E-state index contributed by atoms with van der Waals surface area (Å²) in [6, 6.07) is 13.3. The molecule has 122 valence electrons. The van der Waals surface area contributed by atoms with Gasteiger partial charge in [0, 0.05) is 5.69 Å². The van der Waals surface area contributed by atoms with Gasteiger partial charge in [-0.2, -0.15) is 0 Å². The molecule has 2 heterocycles. The zero-order valence-electron chi connectivity index (χ0n) is 12.8. The predicted molar refractivity (Wildman–Crippen MR) is 99.2 cm³/mol. The van der Waals surface area contributed by atoms with Crippen LogP contribution in [0, 0.1) is 0 Å². The van der Waals surface area contributed by atoms with Crippen LogP contribution in [0.15, 0.2) is 65.7 Å². The van der Waals surface area contributed by atoms with E-state index < -0.39 is 0 Å². The first-order valence-corrected chi connectivity index (χ1v) is 9.12. The van der Waals surface area contributed by atoms with Crippen LogP contribution in [0.25, 0.3) is 10.7 Å². The normalized spacial score (nSPS) is 11.8. The van der Waals surface area contributed by atoms with Gasteiger partial charge >= 0.3 is 0 Å². The lowest BCUT2D eigenvalue weighted by atomic mass is 10.2. The minimum absolute atomic E-state index is 0.0832. The van der Waals surface area contributed by atoms with E-state index in [2.05, 4.69) is 27.1 Å². The molecule has 0 aliphatic rings. The molecule has 0 radical (unpaired) electrons. The maximum atomic E-state index is 12.5. The number of carbonyl (C=O) groups excluding carboxylic acids is 1. The minimum Gasteiger partial charge on any atom is -0.325 e. The van der Waals surface area contributed by atoms with Gasteiger partial charge < -0.3 is 10.3 Å². The molecular weight excluding hydrogens is 340 g/mol. The van der Waals surface area contributed by atoms with Gasteiger partial charge in [-0.15, -0.1) is 28.1 Å². The van der Waals surface area contributed by atoms with Crippen LogP contribution in [0.4, 0.5) is 5.69 Å². The quantitative estimate of drug-likeness (QED) is 0.491. The van der Waals surface area contributed by atoms with Crippen molar-refractivity contribution in [2.24, 2.45) is 0 Å². The lowest BCUT2D eigenvalue weighted by Crippen LogP contribution is -2.24. The number of nitrogens with zero attached hydrogens (tertiary/aromatic N) is 2. The summed E-state index contributed by atoms with van der Waals surface area (Å²) in [6.07, 6.45) is 2.27. The second-order valence-corrected chi connectivity index (χ2v) is 7.08. The van der Waals surface area contributed by atoms with Crippen molar-refractivity contribution in [3.05, 3.63) is 60.5 Å². The van der Waals surface area contributed by atoms with Crippen LogP contribution in [0.5, 0.6) is 0 Å². The average molecular weight is 356 g/mol. The zero-order valence-corrected chi connectivity index (χ0v) is 14.4. The third-order valence-corrected chi connectivity index (χ3v) is 5.16. The van der Waals surface area contributed by atoms with Gasteiger partial charge in [-0.25, -0.2) is 0 Å². The number of thiophene rings is 1. The molecule has 3 aromatic rings. The number of anilines is 1. The van der Waals surface area contributed by atoms with Gasteiger partial charge in [-0.3, -0.25) is 4.79 Å². The Kier molecular flexibility index (Phi) is 5.45. The Balaban J connectivity index is 1.69. The molecule has 2 N–H and O–H groups in total. The van der Waals surface area contributed by atoms with Crippen molar-refractivity contribution in [1.29, 1.82) is 0 Å². The molecule has 0 saturated carbocycles. The molecule has 7 heteroatoms. The maximum Gasteiger partial charge on any atom is 0.238 e. The van der Waals surface area contributed by atoms with Crippen LogP contribution in [0.2, 0.25) is 0 Å². The van der Waals surface area contributed by atoms with E-state index in [0.29, 0.717) is 17.4 Å². The maximum absolute atomic E-state index is 12.5. The van der Waals surface area contributed by atoms with Crippen LogP contribution in [-0.2, 0) is 4.79 Å². The van der Waals surface area contributed by atoms with Crippen LogP contribution in [-0.4, -0.2) is 26.3 Å². The van der Waals surface area contributed by atoms with Crippen molar-refractivity contribution in [2.75, 3.05) is 5.32 Å². The SMILES string of the molecule is C=CCC(Sc1nnc(-c2cccs2)[nH]1)C(=O)Nc1ccccc1. The van der Waals surface area contributed by atoms with Gasteiger partial charge in [0.05, 0.1) is 10.1 Å². The standard InChI is InChI=1S/C17H16N4OS2/c1-2-7-14(16(22)18-12-8-4-3-5-9-12)24-17-19-15(20-21-17)13-10-6-11-23-13/h2-6,8-11,14H,1,7H2,(H,18,22)(H,19,20,21). The van der Waals surface area contributed by atoms with Crippen molar-refractivity contribution in [3.63, 3.8) is 0 Å². The smallest absolute Gasteiger partial charge is 0.238 e. The van der Waals surface area contributed by atoms with E-state index in [9.17, 15) is 4.79 Å². The summed E-state index contributed by atoms with van der Waals surface area (Å²) < 4.78 is 0. The summed E-state index contributed by atoms with van der Waals surface area (Å²) in [7, 11) is 0. The van der Waals surface area contributed by atoms with Crippen LogP contribution in [0.3, 0.4) is 0 Å². The molecule has 1 atom stereocenters. The number of nitrogens with one attached hydrogen (secondary N) is 2. The Bertz CT molecular complexity index is 799. The highest BCUT2D eigenvalue weighted by atomic mass is 32.2. The highest BCUT2D eigenvalue weighted by molar-refractivity contribution is 8.00. The number of aromatic amines is 1. The Labute approximate surface area is 148 Å². The Morgan fingerprint density at radius 2 is 2.12 bits per heavy atom. The molecule has 3 rings (SSSR count). The highest BCUT2D eigenvalue weighted by Crippen LogP contribution is 2.27. The molecule has 24 heavy (non-hydrogen) atoms. The number of carbonyl (C=O) groups is 1. The topological polar surface area (TPSA) is 70.7 Å². The molecule has 0 aliphatic carbocycles. The molecule has 5 nitrogen and oxygen atoms in total. The summed E-state index contributed by atoms with van der Waals surface area (Å²) in [5.41, 5.74) is 0.772. The van der Waals surface area contributed by atoms with Crippen molar-refractivity contribution >= 4 is 34.7 Å². The largest absolute Gasteiger partial charge is 0.325 e. The summed E-state index contributed by atoms with van der Waals surface area (Å²) in [5.74, 6) is 0.633. The first kappa shape index (κ1) is 16.5. The fourth-order valence-electron chi connectivity index (χ4n) is 2.06. The van der Waals surface area contributed by atoms with Gasteiger partial charge in [0.2, 0.25) is 5.91 Å². The molecule has 0 saturated heterocycles. The summed E-state index contributed by atoms with van der Waals surface area (Å²) in [6.45, 7) is 3.74. The van der Waals surface area contributed by atoms with Gasteiger partial charge in [-0.05, 0) is 30.0 Å². The van der Waals surface area contributed by atoms with Crippen LogP contribution < -0.4 is 5.32 Å². The third-order valence-electron chi connectivity index (χ3n) is 3.19. The van der Waals surface area contributed by atoms with Crippen molar-refractivity contribution in [3.8, 4) is 10.7 Å². The number of H-pyrrole nitrogens is 1. The number of rotatable bonds is 7. The van der Waals surface area contributed by atoms with Crippen LogP contribution >= 0.6 is 23.1 Å². The van der Waals surface area contributed by atoms with E-state index in [0.717, 1.165) is 10.6 Å². The number of thioether (sulfide) groups is 1. The number of aromatic nitrogens is 3. The van der Waals surface area contributed by atoms with Crippen LogP contribution in [0.1, 0.15) is 6.42 Å².